The SMILES string of the molecule is COc1ccc(F)c(Br)c1CN1CCCC1. The lowest BCUT2D eigenvalue weighted by molar-refractivity contribution is 0.319. The third kappa shape index (κ3) is 2.38. The van der Waals surface area contributed by atoms with Crippen LogP contribution in [-0.2, 0) is 6.54 Å². The number of nitrogens with zero attached hydrogens (tertiary/aromatic N) is 1. The van der Waals surface area contributed by atoms with Gasteiger partial charge in [-0.1, -0.05) is 0 Å². The lowest BCUT2D eigenvalue weighted by Crippen LogP contribution is -2.19. The first kappa shape index (κ1) is 11.9. The van der Waals surface area contributed by atoms with Crippen molar-refractivity contribution in [3.63, 3.8) is 0 Å². The minimum Gasteiger partial charge on any atom is -0.496 e. The van der Waals surface area contributed by atoms with E-state index >= 15 is 0 Å². The zero-order chi connectivity index (χ0) is 11.5. The molecule has 0 atom stereocenters. The lowest BCUT2D eigenvalue weighted by Gasteiger charge is -2.18. The predicted octanol–water partition coefficient (Wildman–Crippen LogP) is 3.19. The molecular weight excluding hydrogens is 273 g/mol. The molecule has 0 unspecified atom stereocenters. The number of halogens is 2. The fourth-order valence-corrected chi connectivity index (χ4v) is 2.53. The van der Waals surface area contributed by atoms with Gasteiger partial charge in [0.25, 0.3) is 0 Å². The third-order valence-electron chi connectivity index (χ3n) is 2.95. The third-order valence-corrected chi connectivity index (χ3v) is 3.81. The molecule has 0 amide bonds. The molecule has 0 N–H and O–H groups in total. The summed E-state index contributed by atoms with van der Waals surface area (Å²) in [4.78, 5) is 2.32. The van der Waals surface area contributed by atoms with E-state index in [-0.39, 0.29) is 5.82 Å². The van der Waals surface area contributed by atoms with E-state index in [0.717, 1.165) is 30.9 Å². The maximum absolute atomic E-state index is 13.4. The average molecular weight is 288 g/mol. The summed E-state index contributed by atoms with van der Waals surface area (Å²) in [5, 5.41) is 0. The molecule has 2 rings (SSSR count). The summed E-state index contributed by atoms with van der Waals surface area (Å²) in [6.07, 6.45) is 2.46. The number of rotatable bonds is 3. The molecule has 0 bridgehead atoms. The molecule has 1 fully saturated rings. The number of likely N-dealkylation sites (tertiary alicyclic amines) is 1. The number of methoxy groups -OCH3 is 1. The minimum absolute atomic E-state index is 0.227. The van der Waals surface area contributed by atoms with Crippen LogP contribution in [0.2, 0.25) is 0 Å². The highest BCUT2D eigenvalue weighted by Crippen LogP contribution is 2.31. The fraction of sp³-hybridized carbons (Fsp3) is 0.500. The van der Waals surface area contributed by atoms with Crippen LogP contribution in [0.3, 0.4) is 0 Å². The second kappa shape index (κ2) is 5.15. The maximum Gasteiger partial charge on any atom is 0.137 e. The quantitative estimate of drug-likeness (QED) is 0.847. The summed E-state index contributed by atoms with van der Waals surface area (Å²) in [5.41, 5.74) is 0.907. The lowest BCUT2D eigenvalue weighted by atomic mass is 10.2. The molecule has 1 aromatic rings. The van der Waals surface area contributed by atoms with Crippen LogP contribution in [0.5, 0.6) is 5.75 Å². The number of hydrogen-bond donors (Lipinski definition) is 0. The van der Waals surface area contributed by atoms with Gasteiger partial charge < -0.3 is 4.74 Å². The average Bonchev–Trinajstić information content (AvgIpc) is 2.78. The topological polar surface area (TPSA) is 12.5 Å². The summed E-state index contributed by atoms with van der Waals surface area (Å²) >= 11 is 3.30. The van der Waals surface area contributed by atoms with Crippen LogP contribution in [-0.4, -0.2) is 25.1 Å². The van der Waals surface area contributed by atoms with Crippen LogP contribution in [0.25, 0.3) is 0 Å². The van der Waals surface area contributed by atoms with Gasteiger partial charge >= 0.3 is 0 Å². The molecular formula is C12H15BrFNO. The van der Waals surface area contributed by atoms with Crippen LogP contribution >= 0.6 is 15.9 Å². The van der Waals surface area contributed by atoms with Crippen molar-refractivity contribution in [2.45, 2.75) is 19.4 Å². The Morgan fingerprint density at radius 3 is 2.69 bits per heavy atom. The fourth-order valence-electron chi connectivity index (χ4n) is 2.08. The number of benzene rings is 1. The van der Waals surface area contributed by atoms with Crippen molar-refractivity contribution < 1.29 is 9.13 Å². The van der Waals surface area contributed by atoms with E-state index in [4.69, 9.17) is 4.74 Å². The largest absolute Gasteiger partial charge is 0.496 e. The molecule has 0 radical (unpaired) electrons. The second-order valence-corrected chi connectivity index (χ2v) is 4.82. The van der Waals surface area contributed by atoms with E-state index in [2.05, 4.69) is 20.8 Å². The van der Waals surface area contributed by atoms with E-state index in [1.165, 1.54) is 18.9 Å². The Hall–Kier alpha value is -0.610. The van der Waals surface area contributed by atoms with Crippen molar-refractivity contribution in [2.75, 3.05) is 20.2 Å². The number of ether oxygens (including phenoxy) is 1. The molecule has 88 valence electrons. The van der Waals surface area contributed by atoms with E-state index in [0.29, 0.717) is 4.47 Å². The zero-order valence-electron chi connectivity index (χ0n) is 9.30. The van der Waals surface area contributed by atoms with Crippen LogP contribution in [0.1, 0.15) is 18.4 Å². The maximum atomic E-state index is 13.4. The van der Waals surface area contributed by atoms with E-state index < -0.39 is 0 Å². The summed E-state index contributed by atoms with van der Waals surface area (Å²) in [5.74, 6) is 0.523. The zero-order valence-corrected chi connectivity index (χ0v) is 10.9. The van der Waals surface area contributed by atoms with Gasteiger partial charge in [0, 0.05) is 12.1 Å². The van der Waals surface area contributed by atoms with Crippen molar-refractivity contribution in [2.24, 2.45) is 0 Å². The van der Waals surface area contributed by atoms with Gasteiger partial charge in [-0.3, -0.25) is 4.90 Å². The minimum atomic E-state index is -0.227. The Kier molecular flexibility index (Phi) is 3.82. The van der Waals surface area contributed by atoms with Gasteiger partial charge in [-0.05, 0) is 54.0 Å². The Bertz CT molecular complexity index is 378. The Morgan fingerprint density at radius 1 is 1.38 bits per heavy atom. The predicted molar refractivity (Wildman–Crippen MR) is 65.2 cm³/mol. The second-order valence-electron chi connectivity index (χ2n) is 4.03. The van der Waals surface area contributed by atoms with Crippen LogP contribution in [0, 0.1) is 5.82 Å². The van der Waals surface area contributed by atoms with Crippen LogP contribution in [0.15, 0.2) is 16.6 Å². The molecule has 0 aromatic heterocycles. The molecule has 0 aliphatic carbocycles. The molecule has 16 heavy (non-hydrogen) atoms. The van der Waals surface area contributed by atoms with Crippen molar-refractivity contribution in [3.8, 4) is 5.75 Å². The van der Waals surface area contributed by atoms with Crippen molar-refractivity contribution in [3.05, 3.63) is 28.0 Å². The Balaban J connectivity index is 2.25. The summed E-state index contributed by atoms with van der Waals surface area (Å²) in [6, 6.07) is 3.11. The summed E-state index contributed by atoms with van der Waals surface area (Å²) in [7, 11) is 1.62. The highest BCUT2D eigenvalue weighted by molar-refractivity contribution is 9.10. The van der Waals surface area contributed by atoms with Crippen molar-refractivity contribution in [1.82, 2.24) is 4.90 Å². The summed E-state index contributed by atoms with van der Waals surface area (Å²) < 4.78 is 19.2. The molecule has 1 aliphatic rings. The normalized spacial score (nSPS) is 16.7. The highest BCUT2D eigenvalue weighted by Gasteiger charge is 2.18. The van der Waals surface area contributed by atoms with Gasteiger partial charge in [0.05, 0.1) is 11.6 Å². The highest BCUT2D eigenvalue weighted by atomic mass is 79.9. The van der Waals surface area contributed by atoms with Gasteiger partial charge in [-0.25, -0.2) is 4.39 Å². The standard InChI is InChI=1S/C12H15BrFNO/c1-16-11-5-4-10(14)12(13)9(11)8-15-6-2-3-7-15/h4-5H,2-3,6-8H2,1H3. The molecule has 1 saturated heterocycles. The van der Waals surface area contributed by atoms with Crippen molar-refractivity contribution >= 4 is 15.9 Å². The van der Waals surface area contributed by atoms with Gasteiger partial charge in [0.15, 0.2) is 0 Å². The Labute approximate surface area is 104 Å². The van der Waals surface area contributed by atoms with Crippen LogP contribution < -0.4 is 4.74 Å². The Morgan fingerprint density at radius 2 is 2.06 bits per heavy atom. The molecule has 2 nitrogen and oxygen atoms in total. The summed E-state index contributed by atoms with van der Waals surface area (Å²) in [6.45, 7) is 2.93. The van der Waals surface area contributed by atoms with Gasteiger partial charge in [0.2, 0.25) is 0 Å². The van der Waals surface area contributed by atoms with E-state index in [1.807, 2.05) is 0 Å². The van der Waals surface area contributed by atoms with E-state index in [9.17, 15) is 4.39 Å². The first-order chi connectivity index (χ1) is 7.72. The molecule has 1 aromatic carbocycles. The monoisotopic (exact) mass is 287 g/mol. The first-order valence-corrected chi connectivity index (χ1v) is 6.25. The molecule has 0 saturated carbocycles. The smallest absolute Gasteiger partial charge is 0.137 e. The number of hydrogen-bond acceptors (Lipinski definition) is 2. The molecule has 1 heterocycles. The first-order valence-electron chi connectivity index (χ1n) is 5.45. The van der Waals surface area contributed by atoms with Gasteiger partial charge in [-0.15, -0.1) is 0 Å². The van der Waals surface area contributed by atoms with E-state index in [1.54, 1.807) is 13.2 Å². The van der Waals surface area contributed by atoms with Gasteiger partial charge in [0.1, 0.15) is 11.6 Å². The van der Waals surface area contributed by atoms with Crippen LogP contribution in [0.4, 0.5) is 4.39 Å². The molecule has 0 spiro atoms. The molecule has 1 aliphatic heterocycles. The molecule has 4 heteroatoms. The van der Waals surface area contributed by atoms with Gasteiger partial charge in [-0.2, -0.15) is 0 Å². The van der Waals surface area contributed by atoms with Crippen molar-refractivity contribution in [1.29, 1.82) is 0 Å².